The normalized spacial score (nSPS) is 15.3. The third-order valence-electron chi connectivity index (χ3n) is 7.20. The Balaban J connectivity index is 1.74. The van der Waals surface area contributed by atoms with Crippen molar-refractivity contribution in [3.63, 3.8) is 0 Å². The second kappa shape index (κ2) is 8.56. The maximum absolute atomic E-state index is 11.1. The summed E-state index contributed by atoms with van der Waals surface area (Å²) in [6.45, 7) is 4.13. The first kappa shape index (κ1) is 23.9. The lowest BCUT2D eigenvalue weighted by Crippen LogP contribution is -2.28. The molecule has 0 atom stereocenters. The van der Waals surface area contributed by atoms with E-state index in [4.69, 9.17) is 0 Å². The van der Waals surface area contributed by atoms with Gasteiger partial charge in [0.2, 0.25) is 11.5 Å². The molecule has 6 rings (SSSR count). The Kier molecular flexibility index (Phi) is 5.25. The van der Waals surface area contributed by atoms with Gasteiger partial charge in [-0.25, -0.2) is 0 Å². The van der Waals surface area contributed by atoms with E-state index in [1.807, 2.05) is 54.6 Å². The van der Waals surface area contributed by atoms with Gasteiger partial charge in [-0.3, -0.25) is 0 Å². The molecule has 9 nitrogen and oxygen atoms in total. The Morgan fingerprint density at radius 3 is 2.49 bits per heavy atom. The zero-order valence-electron chi connectivity index (χ0n) is 20.5. The van der Waals surface area contributed by atoms with Crippen molar-refractivity contribution in [1.82, 2.24) is 9.55 Å². The summed E-state index contributed by atoms with van der Waals surface area (Å²) < 4.78 is 1.68. The fourth-order valence-electron chi connectivity index (χ4n) is 5.35. The van der Waals surface area contributed by atoms with Crippen molar-refractivity contribution in [2.24, 2.45) is 0 Å². The monoisotopic (exact) mass is 524 g/mol. The number of fused-ring (bicyclic) bond motifs is 5. The van der Waals surface area contributed by atoms with E-state index in [0.717, 1.165) is 23.8 Å². The Bertz CT molecular complexity index is 1950. The standard InChI is InChI=1S/C30H24N2O7/c1-14-19(13-33)22-25(32(14)17-10-6-9-16(11-17)15-7-4-2-3-5-8-15)23-18(12-20(34)26(22)35)21-24(31-23)28(37)30(39)29(38)27(21)36/h2,4-11,13,31,33-39H,1,3,12H2/b19-13-. The lowest BCUT2D eigenvalue weighted by atomic mass is 10.0. The van der Waals surface area contributed by atoms with Gasteiger partial charge in [0, 0.05) is 17.3 Å². The molecule has 0 unspecified atom stereocenters. The van der Waals surface area contributed by atoms with Gasteiger partial charge in [-0.2, -0.15) is 0 Å². The van der Waals surface area contributed by atoms with E-state index in [9.17, 15) is 35.7 Å². The van der Waals surface area contributed by atoms with Crippen LogP contribution in [0.15, 0.2) is 60.4 Å². The molecule has 2 aliphatic rings. The number of aromatic amines is 1. The van der Waals surface area contributed by atoms with Crippen LogP contribution in [0.3, 0.4) is 0 Å². The van der Waals surface area contributed by atoms with Crippen molar-refractivity contribution in [2.75, 3.05) is 0 Å². The van der Waals surface area contributed by atoms with E-state index in [2.05, 4.69) is 11.6 Å². The molecule has 2 aromatic carbocycles. The zero-order chi connectivity index (χ0) is 27.6. The van der Waals surface area contributed by atoms with Crippen LogP contribution in [-0.4, -0.2) is 45.3 Å². The largest absolute Gasteiger partial charge is 0.515 e. The van der Waals surface area contributed by atoms with Gasteiger partial charge in [0.05, 0.1) is 39.5 Å². The van der Waals surface area contributed by atoms with E-state index in [0.29, 0.717) is 5.69 Å². The van der Waals surface area contributed by atoms with Crippen LogP contribution in [0.5, 0.6) is 23.0 Å². The van der Waals surface area contributed by atoms with Crippen LogP contribution in [0.1, 0.15) is 23.1 Å². The van der Waals surface area contributed by atoms with Gasteiger partial charge in [0.25, 0.3) is 0 Å². The lowest BCUT2D eigenvalue weighted by molar-refractivity contribution is 0.350. The number of aliphatic hydroxyl groups is 3. The molecule has 2 aliphatic carbocycles. The molecule has 0 fully saturated rings. The van der Waals surface area contributed by atoms with Gasteiger partial charge in [0.15, 0.2) is 17.3 Å². The number of aliphatic hydroxyl groups excluding tert-OH is 3. The zero-order valence-corrected chi connectivity index (χ0v) is 20.5. The second-order valence-electron chi connectivity index (χ2n) is 9.38. The Morgan fingerprint density at radius 1 is 0.949 bits per heavy atom. The Labute approximate surface area is 221 Å². The molecule has 8 N–H and O–H groups in total. The minimum atomic E-state index is -0.928. The van der Waals surface area contributed by atoms with Crippen molar-refractivity contribution >= 4 is 35.1 Å². The van der Waals surface area contributed by atoms with Crippen LogP contribution in [-0.2, 0) is 6.42 Å². The summed E-state index contributed by atoms with van der Waals surface area (Å²) >= 11 is 0. The quantitative estimate of drug-likeness (QED) is 0.142. The molecule has 0 saturated carbocycles. The molecule has 0 saturated heterocycles. The van der Waals surface area contributed by atoms with Crippen molar-refractivity contribution in [1.29, 1.82) is 0 Å². The minimum Gasteiger partial charge on any atom is -0.515 e. The Hall–Kier alpha value is -5.44. The molecule has 2 aromatic heterocycles. The minimum absolute atomic E-state index is 0.0489. The number of hydrogen-bond acceptors (Lipinski definition) is 7. The Morgan fingerprint density at radius 2 is 1.72 bits per heavy atom. The lowest BCUT2D eigenvalue weighted by Gasteiger charge is -2.13. The molecular formula is C30H24N2O7. The predicted octanol–water partition coefficient (Wildman–Crippen LogP) is 4.39. The van der Waals surface area contributed by atoms with E-state index in [1.165, 1.54) is 0 Å². The molecule has 0 bridgehead atoms. The van der Waals surface area contributed by atoms with E-state index >= 15 is 0 Å². The van der Waals surface area contributed by atoms with Gasteiger partial charge >= 0.3 is 0 Å². The smallest absolute Gasteiger partial charge is 0.206 e. The average molecular weight is 525 g/mol. The molecule has 0 amide bonds. The highest BCUT2D eigenvalue weighted by atomic mass is 16.3. The van der Waals surface area contributed by atoms with Crippen LogP contribution in [0.2, 0.25) is 0 Å². The van der Waals surface area contributed by atoms with Crippen molar-refractivity contribution in [3.8, 4) is 40.1 Å². The van der Waals surface area contributed by atoms with E-state index < -0.39 is 34.5 Å². The number of rotatable bonds is 2. The third-order valence-corrected chi connectivity index (χ3v) is 7.20. The first-order chi connectivity index (χ1) is 18.7. The molecule has 0 spiro atoms. The number of aromatic nitrogens is 2. The fraction of sp³-hybridized carbons (Fsp3) is 0.0667. The molecule has 2 heterocycles. The summed E-state index contributed by atoms with van der Waals surface area (Å²) in [5.74, 6) is -4.23. The van der Waals surface area contributed by atoms with Crippen LogP contribution in [0.4, 0.5) is 0 Å². The summed E-state index contributed by atoms with van der Waals surface area (Å²) in [7, 11) is 0. The number of H-pyrrole nitrogens is 1. The third kappa shape index (κ3) is 3.33. The number of nitrogens with zero attached hydrogens (tertiary/aromatic N) is 1. The summed E-state index contributed by atoms with van der Waals surface area (Å²) in [6.07, 6.45) is 11.4. The van der Waals surface area contributed by atoms with Gasteiger partial charge in [-0.15, -0.1) is 0 Å². The highest BCUT2D eigenvalue weighted by Gasteiger charge is 2.33. The van der Waals surface area contributed by atoms with Crippen molar-refractivity contribution in [2.45, 2.75) is 12.8 Å². The molecule has 9 heteroatoms. The summed E-state index contributed by atoms with van der Waals surface area (Å²) in [5.41, 5.74) is 3.21. The van der Waals surface area contributed by atoms with Gasteiger partial charge in [0.1, 0.15) is 5.76 Å². The molecule has 0 aliphatic heterocycles. The first-order valence-corrected chi connectivity index (χ1v) is 12.1. The van der Waals surface area contributed by atoms with Crippen LogP contribution < -0.4 is 10.6 Å². The first-order valence-electron chi connectivity index (χ1n) is 12.1. The second-order valence-corrected chi connectivity index (χ2v) is 9.38. The van der Waals surface area contributed by atoms with Crippen molar-refractivity contribution < 1.29 is 35.7 Å². The van der Waals surface area contributed by atoms with Crippen LogP contribution in [0, 0.1) is 0 Å². The van der Waals surface area contributed by atoms with Gasteiger partial charge in [-0.05, 0) is 35.3 Å². The summed E-state index contributed by atoms with van der Waals surface area (Å²) in [4.78, 5) is 2.99. The number of hydrogen-bond donors (Lipinski definition) is 8. The van der Waals surface area contributed by atoms with Gasteiger partial charge in [-0.1, -0.05) is 49.1 Å². The highest BCUT2D eigenvalue weighted by molar-refractivity contribution is 6.03. The van der Waals surface area contributed by atoms with E-state index in [1.54, 1.807) is 4.57 Å². The molecule has 0 radical (unpaired) electrons. The maximum Gasteiger partial charge on any atom is 0.206 e. The van der Waals surface area contributed by atoms with Gasteiger partial charge < -0.3 is 45.3 Å². The number of benzene rings is 2. The molecule has 196 valence electrons. The number of nitrogens with one attached hydrogen (secondary N) is 1. The molecular weight excluding hydrogens is 500 g/mol. The number of phenols is 4. The van der Waals surface area contributed by atoms with Crippen LogP contribution in [0.25, 0.3) is 52.2 Å². The summed E-state index contributed by atoms with van der Waals surface area (Å²) in [6, 6.07) is 7.52. The highest BCUT2D eigenvalue weighted by Crippen LogP contribution is 2.52. The fourth-order valence-corrected chi connectivity index (χ4v) is 5.35. The summed E-state index contributed by atoms with van der Waals surface area (Å²) in [5, 5.41) is 74.2. The number of phenolic OH excluding ortho intramolecular Hbond substituents is 4. The number of aromatic hydroxyl groups is 4. The number of allylic oxidation sites excluding steroid dienone is 7. The van der Waals surface area contributed by atoms with E-state index in [-0.39, 0.29) is 50.4 Å². The SMILES string of the molecule is C=c1/c(=C/O)c2c(n1-c1cccc(C3=CC=CCC=C3)c1)-c1[nH]c3c(O)c(O)c(O)c(O)c3c1CC(O)=C2O. The maximum atomic E-state index is 11.1. The van der Waals surface area contributed by atoms with Crippen LogP contribution >= 0.6 is 0 Å². The molecule has 4 aromatic rings. The molecule has 39 heavy (non-hydrogen) atoms. The van der Waals surface area contributed by atoms with Crippen molar-refractivity contribution in [3.05, 3.63) is 87.7 Å². The topological polar surface area (TPSA) is 162 Å². The average Bonchev–Trinajstić information content (AvgIpc) is 3.25. The predicted molar refractivity (Wildman–Crippen MR) is 148 cm³/mol.